The summed E-state index contributed by atoms with van der Waals surface area (Å²) in [5, 5.41) is 14.2. The molecule has 0 saturated carbocycles. The van der Waals surface area contributed by atoms with Gasteiger partial charge in [0.2, 0.25) is 5.13 Å². The summed E-state index contributed by atoms with van der Waals surface area (Å²) in [6.45, 7) is 10.6. The summed E-state index contributed by atoms with van der Waals surface area (Å²) < 4.78 is 9.95. The molecule has 0 saturated heterocycles. The van der Waals surface area contributed by atoms with Crippen LogP contribution in [0.1, 0.15) is 52.1 Å². The van der Waals surface area contributed by atoms with Gasteiger partial charge in [-0.1, -0.05) is 32.9 Å². The molecular formula is C17H25N3O2S. The fourth-order valence-corrected chi connectivity index (χ4v) is 2.71. The topological polar surface area (TPSA) is 67.3 Å². The maximum absolute atomic E-state index is 10.3. The summed E-state index contributed by atoms with van der Waals surface area (Å²) >= 11 is 1.32. The molecule has 2 rings (SSSR count). The molecule has 0 aliphatic rings. The van der Waals surface area contributed by atoms with Gasteiger partial charge in [-0.3, -0.25) is 0 Å². The first-order valence-electron chi connectivity index (χ1n) is 7.78. The van der Waals surface area contributed by atoms with Gasteiger partial charge in [-0.15, -0.1) is 0 Å². The molecule has 0 spiro atoms. The number of nitrogens with one attached hydrogen (secondary N) is 1. The molecule has 23 heavy (non-hydrogen) atoms. The standard InChI is InChI=1S/C17H25N3O2S/c1-11(2)22-13-8-6-12(7-9-13)14(21)10-18-16-19-15(20-23-16)17(3,4)5/h6-9,11,14,21H,10H2,1-5H3,(H,18,19,20). The van der Waals surface area contributed by atoms with Crippen molar-refractivity contribution < 1.29 is 9.84 Å². The third kappa shape index (κ3) is 5.18. The molecule has 6 heteroatoms. The zero-order chi connectivity index (χ0) is 17.0. The Morgan fingerprint density at radius 3 is 2.39 bits per heavy atom. The molecule has 2 aromatic rings. The lowest BCUT2D eigenvalue weighted by Gasteiger charge is -2.14. The number of benzene rings is 1. The second-order valence-electron chi connectivity index (χ2n) is 6.81. The third-order valence-corrected chi connectivity index (χ3v) is 3.85. The predicted molar refractivity (Wildman–Crippen MR) is 94.3 cm³/mol. The van der Waals surface area contributed by atoms with Crippen LogP contribution in [0, 0.1) is 0 Å². The van der Waals surface area contributed by atoms with E-state index in [1.54, 1.807) is 0 Å². The summed E-state index contributed by atoms with van der Waals surface area (Å²) in [4.78, 5) is 4.46. The van der Waals surface area contributed by atoms with Crippen molar-refractivity contribution in [3.63, 3.8) is 0 Å². The Morgan fingerprint density at radius 2 is 1.87 bits per heavy atom. The van der Waals surface area contributed by atoms with Gasteiger partial charge in [-0.25, -0.2) is 4.98 Å². The van der Waals surface area contributed by atoms with Crippen LogP contribution in [0.15, 0.2) is 24.3 Å². The Hall–Kier alpha value is -1.66. The van der Waals surface area contributed by atoms with E-state index in [2.05, 4.69) is 35.4 Å². The molecule has 1 aromatic heterocycles. The van der Waals surface area contributed by atoms with Gasteiger partial charge in [0, 0.05) is 23.5 Å². The van der Waals surface area contributed by atoms with Crippen molar-refractivity contribution >= 4 is 16.7 Å². The minimum absolute atomic E-state index is 0.0682. The van der Waals surface area contributed by atoms with E-state index in [-0.39, 0.29) is 11.5 Å². The maximum Gasteiger partial charge on any atom is 0.202 e. The monoisotopic (exact) mass is 335 g/mol. The number of hydrogen-bond acceptors (Lipinski definition) is 6. The molecule has 0 aliphatic heterocycles. The molecule has 2 N–H and O–H groups in total. The summed E-state index contributed by atoms with van der Waals surface area (Å²) in [5.41, 5.74) is 0.774. The molecule has 0 bridgehead atoms. The number of anilines is 1. The number of aromatic nitrogens is 2. The van der Waals surface area contributed by atoms with Crippen molar-refractivity contribution in [2.24, 2.45) is 0 Å². The van der Waals surface area contributed by atoms with Gasteiger partial charge in [-0.2, -0.15) is 4.37 Å². The van der Waals surface area contributed by atoms with Crippen LogP contribution < -0.4 is 10.1 Å². The van der Waals surface area contributed by atoms with Gasteiger partial charge in [0.15, 0.2) is 0 Å². The molecule has 1 unspecified atom stereocenters. The smallest absolute Gasteiger partial charge is 0.202 e. The van der Waals surface area contributed by atoms with Crippen molar-refractivity contribution in [2.45, 2.75) is 52.2 Å². The lowest BCUT2D eigenvalue weighted by Crippen LogP contribution is -2.14. The van der Waals surface area contributed by atoms with Crippen LogP contribution in [0.5, 0.6) is 5.75 Å². The fourth-order valence-electron chi connectivity index (χ4n) is 1.94. The molecule has 1 aromatic carbocycles. The number of aliphatic hydroxyl groups excluding tert-OH is 1. The van der Waals surface area contributed by atoms with Gasteiger partial charge in [0.25, 0.3) is 0 Å². The molecule has 0 fully saturated rings. The Labute approximate surface area is 141 Å². The quantitative estimate of drug-likeness (QED) is 0.841. The van der Waals surface area contributed by atoms with Gasteiger partial charge in [0.05, 0.1) is 12.2 Å². The van der Waals surface area contributed by atoms with Crippen LogP contribution in [-0.2, 0) is 5.41 Å². The van der Waals surface area contributed by atoms with Gasteiger partial charge < -0.3 is 15.2 Å². The van der Waals surface area contributed by atoms with Crippen molar-refractivity contribution in [1.82, 2.24) is 9.36 Å². The second kappa shape index (κ2) is 7.27. The van der Waals surface area contributed by atoms with Crippen LogP contribution in [0.2, 0.25) is 0 Å². The van der Waals surface area contributed by atoms with Crippen molar-refractivity contribution in [3.8, 4) is 5.75 Å². The number of hydrogen-bond donors (Lipinski definition) is 2. The second-order valence-corrected chi connectivity index (χ2v) is 7.56. The Kier molecular flexibility index (Phi) is 5.59. The number of rotatable bonds is 6. The van der Waals surface area contributed by atoms with E-state index >= 15 is 0 Å². The van der Waals surface area contributed by atoms with Crippen molar-refractivity contribution in [3.05, 3.63) is 35.7 Å². The molecular weight excluding hydrogens is 310 g/mol. The first-order chi connectivity index (χ1) is 10.8. The SMILES string of the molecule is CC(C)Oc1ccc(C(O)CNc2nc(C(C)(C)C)ns2)cc1. The molecule has 5 nitrogen and oxygen atoms in total. The Morgan fingerprint density at radius 1 is 1.22 bits per heavy atom. The molecule has 0 amide bonds. The highest BCUT2D eigenvalue weighted by molar-refractivity contribution is 7.09. The highest BCUT2D eigenvalue weighted by Crippen LogP contribution is 2.24. The highest BCUT2D eigenvalue weighted by Gasteiger charge is 2.19. The normalized spacial score (nSPS) is 13.2. The van der Waals surface area contributed by atoms with E-state index in [1.165, 1.54) is 11.5 Å². The van der Waals surface area contributed by atoms with Gasteiger partial charge >= 0.3 is 0 Å². The number of ether oxygens (including phenoxy) is 1. The zero-order valence-electron chi connectivity index (χ0n) is 14.3. The van der Waals surface area contributed by atoms with Crippen LogP contribution in [-0.4, -0.2) is 27.1 Å². The van der Waals surface area contributed by atoms with Crippen molar-refractivity contribution in [1.29, 1.82) is 0 Å². The molecule has 126 valence electrons. The first-order valence-corrected chi connectivity index (χ1v) is 8.56. The van der Waals surface area contributed by atoms with Crippen LogP contribution in [0.25, 0.3) is 0 Å². The summed E-state index contributed by atoms with van der Waals surface area (Å²) in [6, 6.07) is 7.51. The van der Waals surface area contributed by atoms with Crippen molar-refractivity contribution in [2.75, 3.05) is 11.9 Å². The van der Waals surface area contributed by atoms with E-state index in [9.17, 15) is 5.11 Å². The number of nitrogens with zero attached hydrogens (tertiary/aromatic N) is 2. The van der Waals surface area contributed by atoms with E-state index in [0.717, 1.165) is 22.3 Å². The third-order valence-electron chi connectivity index (χ3n) is 3.18. The lowest BCUT2D eigenvalue weighted by molar-refractivity contribution is 0.191. The van der Waals surface area contributed by atoms with E-state index in [4.69, 9.17) is 4.74 Å². The highest BCUT2D eigenvalue weighted by atomic mass is 32.1. The predicted octanol–water partition coefficient (Wildman–Crippen LogP) is 3.77. The number of aliphatic hydroxyl groups is 1. The van der Waals surface area contributed by atoms with Crippen LogP contribution in [0.3, 0.4) is 0 Å². The Balaban J connectivity index is 1.91. The first kappa shape index (κ1) is 17.7. The lowest BCUT2D eigenvalue weighted by atomic mass is 9.96. The summed E-state index contributed by atoms with van der Waals surface area (Å²) in [5.74, 6) is 1.62. The minimum atomic E-state index is -0.606. The fraction of sp³-hybridized carbons (Fsp3) is 0.529. The van der Waals surface area contributed by atoms with Crippen LogP contribution >= 0.6 is 11.5 Å². The summed E-state index contributed by atoms with van der Waals surface area (Å²) in [6.07, 6.45) is -0.466. The zero-order valence-corrected chi connectivity index (χ0v) is 15.1. The molecule has 1 heterocycles. The molecule has 1 atom stereocenters. The maximum atomic E-state index is 10.3. The molecule has 0 aliphatic carbocycles. The summed E-state index contributed by atoms with van der Waals surface area (Å²) in [7, 11) is 0. The van der Waals surface area contributed by atoms with Crippen LogP contribution in [0.4, 0.5) is 5.13 Å². The van der Waals surface area contributed by atoms with Gasteiger partial charge in [-0.05, 0) is 31.5 Å². The Bertz CT molecular complexity index is 618. The average molecular weight is 335 g/mol. The van der Waals surface area contributed by atoms with E-state index < -0.39 is 6.10 Å². The minimum Gasteiger partial charge on any atom is -0.491 e. The van der Waals surface area contributed by atoms with E-state index in [1.807, 2.05) is 38.1 Å². The molecule has 0 radical (unpaired) electrons. The average Bonchev–Trinajstić information content (AvgIpc) is 2.94. The largest absolute Gasteiger partial charge is 0.491 e. The van der Waals surface area contributed by atoms with Gasteiger partial charge in [0.1, 0.15) is 11.6 Å². The van der Waals surface area contributed by atoms with E-state index in [0.29, 0.717) is 6.54 Å².